The molecule has 20 heavy (non-hydrogen) atoms. The van der Waals surface area contributed by atoms with Crippen molar-refractivity contribution in [2.75, 3.05) is 23.4 Å². The molecule has 1 aromatic rings. The molecule has 0 radical (unpaired) electrons. The number of nitrogens with one attached hydrogen (secondary N) is 1. The molecular weight excluding hydrogens is 250 g/mol. The van der Waals surface area contributed by atoms with Crippen LogP contribution in [-0.2, 0) is 0 Å². The van der Waals surface area contributed by atoms with Gasteiger partial charge in [0.05, 0.1) is 0 Å². The van der Waals surface area contributed by atoms with Gasteiger partial charge in [0.1, 0.15) is 17.5 Å². The van der Waals surface area contributed by atoms with E-state index in [0.717, 1.165) is 36.1 Å². The summed E-state index contributed by atoms with van der Waals surface area (Å²) >= 11 is 0. The quantitative estimate of drug-likeness (QED) is 0.656. The molecule has 1 aliphatic carbocycles. The Kier molecular flexibility index (Phi) is 4.05. The van der Waals surface area contributed by atoms with Crippen molar-refractivity contribution in [3.63, 3.8) is 0 Å². The standard InChI is InChI=1S/C15H25N5/c1-11-13(19-16)17-14(12-7-8-12)18-15(11)20-9-5-3-2-4-6-10-20/h12H,2-10,16H2,1H3,(H,17,18,19). The lowest BCUT2D eigenvalue weighted by Crippen LogP contribution is -2.29. The van der Waals surface area contributed by atoms with Crippen LogP contribution in [0.5, 0.6) is 0 Å². The Hall–Kier alpha value is -1.36. The van der Waals surface area contributed by atoms with E-state index in [-0.39, 0.29) is 0 Å². The van der Waals surface area contributed by atoms with Crippen molar-refractivity contribution in [3.05, 3.63) is 11.4 Å². The summed E-state index contributed by atoms with van der Waals surface area (Å²) in [6.07, 6.45) is 8.98. The second-order valence-corrected chi connectivity index (χ2v) is 6.05. The molecule has 2 aliphatic rings. The first-order chi connectivity index (χ1) is 9.79. The summed E-state index contributed by atoms with van der Waals surface area (Å²) in [4.78, 5) is 11.9. The van der Waals surface area contributed by atoms with Crippen LogP contribution in [0.15, 0.2) is 0 Å². The molecule has 5 nitrogen and oxygen atoms in total. The molecule has 2 fully saturated rings. The number of hydrazine groups is 1. The van der Waals surface area contributed by atoms with E-state index < -0.39 is 0 Å². The Bertz CT molecular complexity index is 462. The fraction of sp³-hybridized carbons (Fsp3) is 0.733. The van der Waals surface area contributed by atoms with Crippen molar-refractivity contribution in [1.29, 1.82) is 0 Å². The average Bonchev–Trinajstić information content (AvgIpc) is 3.24. The maximum Gasteiger partial charge on any atom is 0.148 e. The van der Waals surface area contributed by atoms with E-state index in [2.05, 4.69) is 22.2 Å². The molecule has 1 aromatic heterocycles. The van der Waals surface area contributed by atoms with E-state index in [1.165, 1.54) is 44.9 Å². The number of aromatic nitrogens is 2. The summed E-state index contributed by atoms with van der Waals surface area (Å²) in [7, 11) is 0. The third-order valence-corrected chi connectivity index (χ3v) is 4.37. The Labute approximate surface area is 120 Å². The summed E-state index contributed by atoms with van der Waals surface area (Å²) in [6.45, 7) is 4.28. The zero-order valence-corrected chi connectivity index (χ0v) is 12.4. The first-order valence-electron chi connectivity index (χ1n) is 7.89. The number of nitrogen functional groups attached to an aromatic ring is 1. The summed E-state index contributed by atoms with van der Waals surface area (Å²) in [6, 6.07) is 0. The largest absolute Gasteiger partial charge is 0.356 e. The molecule has 3 N–H and O–H groups in total. The van der Waals surface area contributed by atoms with Gasteiger partial charge in [0.15, 0.2) is 0 Å². The minimum Gasteiger partial charge on any atom is -0.356 e. The normalized spacial score (nSPS) is 20.4. The van der Waals surface area contributed by atoms with E-state index in [1.54, 1.807) is 0 Å². The van der Waals surface area contributed by atoms with Crippen molar-refractivity contribution >= 4 is 11.6 Å². The van der Waals surface area contributed by atoms with Crippen molar-refractivity contribution in [3.8, 4) is 0 Å². The minimum atomic E-state index is 0.552. The maximum atomic E-state index is 5.64. The van der Waals surface area contributed by atoms with Crippen molar-refractivity contribution < 1.29 is 0 Å². The van der Waals surface area contributed by atoms with Crippen molar-refractivity contribution in [2.24, 2.45) is 5.84 Å². The Morgan fingerprint density at radius 2 is 1.70 bits per heavy atom. The van der Waals surface area contributed by atoms with E-state index >= 15 is 0 Å². The monoisotopic (exact) mass is 275 g/mol. The number of nitrogens with zero attached hydrogens (tertiary/aromatic N) is 3. The van der Waals surface area contributed by atoms with E-state index in [4.69, 9.17) is 10.8 Å². The number of rotatable bonds is 3. The molecule has 0 aromatic carbocycles. The fourth-order valence-electron chi connectivity index (χ4n) is 2.95. The molecular formula is C15H25N5. The van der Waals surface area contributed by atoms with Crippen LogP contribution >= 0.6 is 0 Å². The molecule has 0 atom stereocenters. The van der Waals surface area contributed by atoms with E-state index in [1.807, 2.05) is 0 Å². The number of hydrogen-bond acceptors (Lipinski definition) is 5. The van der Waals surface area contributed by atoms with Gasteiger partial charge in [-0.1, -0.05) is 19.3 Å². The highest BCUT2D eigenvalue weighted by molar-refractivity contribution is 5.58. The van der Waals surface area contributed by atoms with Gasteiger partial charge in [-0.2, -0.15) is 0 Å². The topological polar surface area (TPSA) is 67.1 Å². The maximum absolute atomic E-state index is 5.64. The molecule has 2 heterocycles. The van der Waals surface area contributed by atoms with Gasteiger partial charge >= 0.3 is 0 Å². The molecule has 3 rings (SSSR count). The van der Waals surface area contributed by atoms with Gasteiger partial charge < -0.3 is 10.3 Å². The van der Waals surface area contributed by atoms with Gasteiger partial charge in [-0.3, -0.25) is 0 Å². The number of nitrogens with two attached hydrogens (primary N) is 1. The molecule has 0 unspecified atom stereocenters. The molecule has 5 heteroatoms. The highest BCUT2D eigenvalue weighted by Crippen LogP contribution is 2.40. The summed E-state index contributed by atoms with van der Waals surface area (Å²) in [5.74, 6) is 9.05. The average molecular weight is 275 g/mol. The van der Waals surface area contributed by atoms with E-state index in [9.17, 15) is 0 Å². The predicted octanol–water partition coefficient (Wildman–Crippen LogP) is 2.72. The Morgan fingerprint density at radius 3 is 2.30 bits per heavy atom. The molecule has 0 bridgehead atoms. The molecule has 0 amide bonds. The van der Waals surface area contributed by atoms with Gasteiger partial charge in [-0.15, -0.1) is 0 Å². The summed E-state index contributed by atoms with van der Waals surface area (Å²) in [5.41, 5.74) is 3.83. The lowest BCUT2D eigenvalue weighted by atomic mass is 10.1. The van der Waals surface area contributed by atoms with Crippen LogP contribution < -0.4 is 16.2 Å². The zero-order valence-electron chi connectivity index (χ0n) is 12.4. The third-order valence-electron chi connectivity index (χ3n) is 4.37. The Morgan fingerprint density at radius 1 is 1.05 bits per heavy atom. The van der Waals surface area contributed by atoms with Crippen molar-refractivity contribution in [1.82, 2.24) is 9.97 Å². The molecule has 1 aliphatic heterocycles. The lowest BCUT2D eigenvalue weighted by Gasteiger charge is -2.28. The minimum absolute atomic E-state index is 0.552. The molecule has 0 spiro atoms. The van der Waals surface area contributed by atoms with Crippen LogP contribution in [0.2, 0.25) is 0 Å². The van der Waals surface area contributed by atoms with Crippen molar-refractivity contribution in [2.45, 2.75) is 57.8 Å². The summed E-state index contributed by atoms with van der Waals surface area (Å²) in [5, 5.41) is 0. The molecule has 1 saturated heterocycles. The predicted molar refractivity (Wildman–Crippen MR) is 81.9 cm³/mol. The summed E-state index contributed by atoms with van der Waals surface area (Å²) < 4.78 is 0. The van der Waals surface area contributed by atoms with Crippen LogP contribution in [0.3, 0.4) is 0 Å². The smallest absolute Gasteiger partial charge is 0.148 e. The zero-order chi connectivity index (χ0) is 13.9. The molecule has 110 valence electrons. The van der Waals surface area contributed by atoms with Crippen LogP contribution in [0.1, 0.15) is 62.3 Å². The first kappa shape index (κ1) is 13.6. The van der Waals surface area contributed by atoms with Crippen LogP contribution in [0, 0.1) is 6.92 Å². The van der Waals surface area contributed by atoms with Gasteiger partial charge in [0.2, 0.25) is 0 Å². The van der Waals surface area contributed by atoms with Gasteiger partial charge in [-0.05, 0) is 32.6 Å². The Balaban J connectivity index is 1.90. The number of hydrogen-bond donors (Lipinski definition) is 2. The second-order valence-electron chi connectivity index (χ2n) is 6.05. The highest BCUT2D eigenvalue weighted by atomic mass is 15.3. The molecule has 1 saturated carbocycles. The van der Waals surface area contributed by atoms with Crippen LogP contribution in [0.25, 0.3) is 0 Å². The second kappa shape index (κ2) is 5.95. The lowest BCUT2D eigenvalue weighted by molar-refractivity contribution is 0.552. The third kappa shape index (κ3) is 2.87. The highest BCUT2D eigenvalue weighted by Gasteiger charge is 2.29. The fourth-order valence-corrected chi connectivity index (χ4v) is 2.95. The first-order valence-corrected chi connectivity index (χ1v) is 7.89. The van der Waals surface area contributed by atoms with Gasteiger partial charge in [0, 0.05) is 24.6 Å². The number of anilines is 2. The van der Waals surface area contributed by atoms with Gasteiger partial charge in [-0.25, -0.2) is 15.8 Å². The van der Waals surface area contributed by atoms with Crippen LogP contribution in [0.4, 0.5) is 11.6 Å². The van der Waals surface area contributed by atoms with E-state index in [0.29, 0.717) is 5.92 Å². The van der Waals surface area contributed by atoms with Crippen LogP contribution in [-0.4, -0.2) is 23.1 Å². The SMILES string of the molecule is Cc1c(NN)nc(C2CC2)nc1N1CCCCCCC1. The van der Waals surface area contributed by atoms with Gasteiger partial charge in [0.25, 0.3) is 0 Å².